The monoisotopic (exact) mass is 431 g/mol. The lowest BCUT2D eigenvalue weighted by molar-refractivity contribution is 0.0724. The Morgan fingerprint density at radius 1 is 1.37 bits per heavy atom. The number of sulfonamides is 1. The van der Waals surface area contributed by atoms with E-state index in [-0.39, 0.29) is 10.8 Å². The van der Waals surface area contributed by atoms with Crippen LogP contribution in [0.5, 0.6) is 0 Å². The number of aliphatic hydroxyl groups excluding tert-OH is 1. The van der Waals surface area contributed by atoms with Crippen molar-refractivity contribution in [1.82, 2.24) is 4.72 Å². The van der Waals surface area contributed by atoms with Gasteiger partial charge in [0.05, 0.1) is 13.7 Å². The van der Waals surface area contributed by atoms with Gasteiger partial charge < -0.3 is 5.11 Å². The molecule has 1 saturated carbocycles. The Morgan fingerprint density at radius 3 is 2.63 bits per heavy atom. The molecule has 108 valence electrons. The number of rotatable bonds is 4. The Balaban J connectivity index is 2.03. The Bertz CT molecular complexity index is 544. The maximum Gasteiger partial charge on any atom is 0.242 e. The van der Waals surface area contributed by atoms with Gasteiger partial charge in [0.2, 0.25) is 10.0 Å². The predicted molar refractivity (Wildman–Crippen MR) is 82.9 cm³/mol. The third kappa shape index (κ3) is 4.01. The quantitative estimate of drug-likeness (QED) is 0.767. The fourth-order valence-electron chi connectivity index (χ4n) is 2.23. The molecule has 0 saturated heterocycles. The fraction of sp³-hybridized carbons (Fsp3) is 0.636. The number of halogens is 2. The average molecular weight is 433 g/mol. The first-order chi connectivity index (χ1) is 8.90. The molecule has 1 aliphatic carbocycles. The lowest BCUT2D eigenvalue weighted by Crippen LogP contribution is -2.36. The SMILES string of the molecule is O=S(=O)(NCC1CCCCC1O)c1cc(Br)sc1Br. The number of hydrogen-bond acceptors (Lipinski definition) is 4. The Morgan fingerprint density at radius 2 is 2.05 bits per heavy atom. The third-order valence-electron chi connectivity index (χ3n) is 3.32. The van der Waals surface area contributed by atoms with E-state index in [0.717, 1.165) is 29.5 Å². The van der Waals surface area contributed by atoms with Crippen LogP contribution in [0, 0.1) is 5.92 Å². The molecule has 1 fully saturated rings. The van der Waals surface area contributed by atoms with Crippen LogP contribution in [0.4, 0.5) is 0 Å². The van der Waals surface area contributed by atoms with E-state index >= 15 is 0 Å². The first-order valence-electron chi connectivity index (χ1n) is 6.02. The zero-order valence-corrected chi connectivity index (χ0v) is 14.9. The molecule has 1 heterocycles. The molecule has 2 unspecified atom stereocenters. The highest BCUT2D eigenvalue weighted by atomic mass is 79.9. The molecule has 0 aromatic carbocycles. The number of aliphatic hydroxyl groups is 1. The predicted octanol–water partition coefficient (Wildman–Crippen LogP) is 3.10. The molecular formula is C11H15Br2NO3S2. The summed E-state index contributed by atoms with van der Waals surface area (Å²) in [6, 6.07) is 1.58. The molecular weight excluding hydrogens is 418 g/mol. The first-order valence-corrected chi connectivity index (χ1v) is 9.91. The maximum absolute atomic E-state index is 12.2. The summed E-state index contributed by atoms with van der Waals surface area (Å²) in [5.41, 5.74) is 0. The van der Waals surface area contributed by atoms with E-state index in [1.165, 1.54) is 11.3 Å². The van der Waals surface area contributed by atoms with Gasteiger partial charge in [-0.1, -0.05) is 12.8 Å². The smallest absolute Gasteiger partial charge is 0.242 e. The zero-order valence-electron chi connectivity index (χ0n) is 10.1. The second-order valence-corrected chi connectivity index (χ2v) is 10.1. The molecule has 0 bridgehead atoms. The fourth-order valence-corrected chi connectivity index (χ4v) is 7.13. The largest absolute Gasteiger partial charge is 0.393 e. The molecule has 0 amide bonds. The number of thiophene rings is 1. The first kappa shape index (κ1) is 15.9. The highest BCUT2D eigenvalue weighted by Gasteiger charge is 2.26. The molecule has 1 aliphatic rings. The van der Waals surface area contributed by atoms with Crippen molar-refractivity contribution >= 4 is 53.2 Å². The van der Waals surface area contributed by atoms with E-state index in [1.54, 1.807) is 6.07 Å². The zero-order chi connectivity index (χ0) is 14.0. The van der Waals surface area contributed by atoms with E-state index in [0.29, 0.717) is 10.3 Å². The summed E-state index contributed by atoms with van der Waals surface area (Å²) in [5, 5.41) is 9.85. The average Bonchev–Trinajstić information content (AvgIpc) is 2.68. The molecule has 4 nitrogen and oxygen atoms in total. The summed E-state index contributed by atoms with van der Waals surface area (Å²) >= 11 is 7.84. The molecule has 8 heteroatoms. The van der Waals surface area contributed by atoms with Gasteiger partial charge in [-0.2, -0.15) is 0 Å². The van der Waals surface area contributed by atoms with Crippen molar-refractivity contribution in [3.05, 3.63) is 13.6 Å². The lowest BCUT2D eigenvalue weighted by atomic mass is 9.87. The molecule has 0 radical (unpaired) electrons. The molecule has 2 atom stereocenters. The minimum Gasteiger partial charge on any atom is -0.393 e. The summed E-state index contributed by atoms with van der Waals surface area (Å²) in [5.74, 6) is 0.0179. The van der Waals surface area contributed by atoms with Gasteiger partial charge in [0, 0.05) is 6.54 Å². The standard InChI is InChI=1S/C11H15Br2NO3S2/c12-10-5-9(11(13)18-10)19(16,17)14-6-7-3-1-2-4-8(7)15/h5,7-8,14-15H,1-4,6H2. The van der Waals surface area contributed by atoms with E-state index < -0.39 is 16.1 Å². The highest BCUT2D eigenvalue weighted by Crippen LogP contribution is 2.34. The van der Waals surface area contributed by atoms with Gasteiger partial charge in [-0.05, 0) is 56.7 Å². The van der Waals surface area contributed by atoms with Gasteiger partial charge in [-0.15, -0.1) is 11.3 Å². The second-order valence-electron chi connectivity index (χ2n) is 4.65. The molecule has 2 N–H and O–H groups in total. The Kier molecular flexibility index (Phi) is 5.47. The lowest BCUT2D eigenvalue weighted by Gasteiger charge is -2.27. The minimum atomic E-state index is -3.52. The van der Waals surface area contributed by atoms with Crippen LogP contribution in [-0.2, 0) is 10.0 Å². The number of hydrogen-bond donors (Lipinski definition) is 2. The van der Waals surface area contributed by atoms with Crippen molar-refractivity contribution in [2.75, 3.05) is 6.54 Å². The van der Waals surface area contributed by atoms with Crippen molar-refractivity contribution in [3.8, 4) is 0 Å². The molecule has 0 aliphatic heterocycles. The van der Waals surface area contributed by atoms with E-state index in [1.807, 2.05) is 0 Å². The molecule has 0 spiro atoms. The molecule has 19 heavy (non-hydrogen) atoms. The minimum absolute atomic E-state index is 0.0179. The topological polar surface area (TPSA) is 66.4 Å². The van der Waals surface area contributed by atoms with Crippen molar-refractivity contribution in [2.45, 2.75) is 36.7 Å². The van der Waals surface area contributed by atoms with Crippen LogP contribution < -0.4 is 4.72 Å². The highest BCUT2D eigenvalue weighted by molar-refractivity contribution is 9.12. The van der Waals surface area contributed by atoms with Crippen molar-refractivity contribution in [3.63, 3.8) is 0 Å². The van der Waals surface area contributed by atoms with Crippen LogP contribution in [0.1, 0.15) is 25.7 Å². The molecule has 1 aromatic rings. The van der Waals surface area contributed by atoms with Gasteiger partial charge in [0.15, 0.2) is 0 Å². The second kappa shape index (κ2) is 6.53. The van der Waals surface area contributed by atoms with E-state index in [2.05, 4.69) is 36.6 Å². The third-order valence-corrected chi connectivity index (χ3v) is 7.50. The van der Waals surface area contributed by atoms with Gasteiger partial charge in [0.25, 0.3) is 0 Å². The van der Waals surface area contributed by atoms with Crippen LogP contribution in [0.15, 0.2) is 18.5 Å². The maximum atomic E-state index is 12.2. The van der Waals surface area contributed by atoms with Crippen LogP contribution in [0.25, 0.3) is 0 Å². The van der Waals surface area contributed by atoms with Crippen molar-refractivity contribution < 1.29 is 13.5 Å². The van der Waals surface area contributed by atoms with Crippen molar-refractivity contribution in [1.29, 1.82) is 0 Å². The molecule has 1 aromatic heterocycles. The van der Waals surface area contributed by atoms with Gasteiger partial charge >= 0.3 is 0 Å². The van der Waals surface area contributed by atoms with E-state index in [4.69, 9.17) is 0 Å². The van der Waals surface area contributed by atoms with E-state index in [9.17, 15) is 13.5 Å². The summed E-state index contributed by atoms with van der Waals surface area (Å²) in [6.45, 7) is 0.295. The Labute approximate surface area is 133 Å². The number of nitrogens with one attached hydrogen (secondary N) is 1. The van der Waals surface area contributed by atoms with Gasteiger partial charge in [-0.25, -0.2) is 13.1 Å². The van der Waals surface area contributed by atoms with Crippen LogP contribution in [0.2, 0.25) is 0 Å². The summed E-state index contributed by atoms with van der Waals surface area (Å²) < 4.78 is 28.3. The Hall–Kier alpha value is 0.530. The van der Waals surface area contributed by atoms with Crippen LogP contribution >= 0.6 is 43.2 Å². The van der Waals surface area contributed by atoms with Crippen molar-refractivity contribution in [2.24, 2.45) is 5.92 Å². The van der Waals surface area contributed by atoms with Crippen LogP contribution in [-0.4, -0.2) is 26.2 Å². The molecule has 2 rings (SSSR count). The summed E-state index contributed by atoms with van der Waals surface area (Å²) in [6.07, 6.45) is 3.32. The summed E-state index contributed by atoms with van der Waals surface area (Å²) in [4.78, 5) is 0.245. The van der Waals surface area contributed by atoms with Gasteiger partial charge in [0.1, 0.15) is 4.90 Å². The normalized spacial score (nSPS) is 24.6. The van der Waals surface area contributed by atoms with Gasteiger partial charge in [-0.3, -0.25) is 0 Å². The van der Waals surface area contributed by atoms with Crippen LogP contribution in [0.3, 0.4) is 0 Å². The summed E-state index contributed by atoms with van der Waals surface area (Å²) in [7, 11) is -3.52.